The molecule has 0 bridgehead atoms. The molecule has 3 fully saturated rings. The SMILES string of the molecule is OC1CO[C@H]2[C@@H]1OC[C@H]2Oc1cc2nc(-c3ccc(N4CC[C@@H](O)C4)nc3OC(F)F)c(F)cc2[nH]1. The average Bonchev–Trinajstić information content (AvgIpc) is 3.60. The van der Waals surface area contributed by atoms with E-state index >= 15 is 4.39 Å². The first kappa shape index (κ1) is 23.3. The van der Waals surface area contributed by atoms with Crippen molar-refractivity contribution in [1.82, 2.24) is 15.0 Å². The Kier molecular flexibility index (Phi) is 5.86. The number of aromatic nitrogens is 3. The van der Waals surface area contributed by atoms with Crippen LogP contribution in [0.4, 0.5) is 19.0 Å². The molecule has 5 atom stereocenters. The summed E-state index contributed by atoms with van der Waals surface area (Å²) in [5, 5.41) is 19.7. The van der Waals surface area contributed by atoms with E-state index in [4.69, 9.17) is 14.2 Å². The number of nitrogens with zero attached hydrogens (tertiary/aromatic N) is 3. The lowest BCUT2D eigenvalue weighted by Crippen LogP contribution is -2.34. The number of aromatic amines is 1. The Bertz CT molecular complexity index is 1280. The number of aliphatic hydroxyl groups excluding tert-OH is 2. The second kappa shape index (κ2) is 9.07. The highest BCUT2D eigenvalue weighted by Gasteiger charge is 2.48. The third-order valence-electron chi connectivity index (χ3n) is 6.58. The summed E-state index contributed by atoms with van der Waals surface area (Å²) >= 11 is 0. The summed E-state index contributed by atoms with van der Waals surface area (Å²) in [6.45, 7) is -1.99. The molecule has 13 heteroatoms. The van der Waals surface area contributed by atoms with E-state index in [1.54, 1.807) is 17.0 Å². The number of rotatable bonds is 6. The Morgan fingerprint density at radius 2 is 1.94 bits per heavy atom. The molecule has 192 valence electrons. The fourth-order valence-corrected chi connectivity index (χ4v) is 4.88. The van der Waals surface area contributed by atoms with Crippen LogP contribution >= 0.6 is 0 Å². The van der Waals surface area contributed by atoms with Crippen molar-refractivity contribution >= 4 is 16.9 Å². The fourth-order valence-electron chi connectivity index (χ4n) is 4.88. The van der Waals surface area contributed by atoms with E-state index in [-0.39, 0.29) is 24.5 Å². The van der Waals surface area contributed by atoms with Crippen molar-refractivity contribution in [3.63, 3.8) is 0 Å². The molecule has 0 saturated carbocycles. The molecule has 3 aromatic heterocycles. The van der Waals surface area contributed by atoms with E-state index in [0.29, 0.717) is 42.2 Å². The van der Waals surface area contributed by atoms with E-state index in [1.165, 1.54) is 12.1 Å². The molecule has 3 aromatic rings. The van der Waals surface area contributed by atoms with Gasteiger partial charge in [-0.05, 0) is 18.6 Å². The van der Waals surface area contributed by atoms with Gasteiger partial charge in [-0.3, -0.25) is 0 Å². The smallest absolute Gasteiger partial charge is 0.388 e. The van der Waals surface area contributed by atoms with Crippen LogP contribution in [-0.2, 0) is 9.47 Å². The molecule has 0 radical (unpaired) electrons. The molecule has 3 saturated heterocycles. The van der Waals surface area contributed by atoms with Crippen molar-refractivity contribution in [1.29, 1.82) is 0 Å². The van der Waals surface area contributed by atoms with Gasteiger partial charge in [0.2, 0.25) is 5.88 Å². The second-order valence-electron chi connectivity index (χ2n) is 8.99. The predicted octanol–water partition coefficient (Wildman–Crippen LogP) is 1.84. The summed E-state index contributed by atoms with van der Waals surface area (Å²) < 4.78 is 63.1. The van der Waals surface area contributed by atoms with Gasteiger partial charge < -0.3 is 39.0 Å². The lowest BCUT2D eigenvalue weighted by atomic mass is 10.1. The van der Waals surface area contributed by atoms with E-state index in [2.05, 4.69) is 19.7 Å². The van der Waals surface area contributed by atoms with Crippen LogP contribution in [-0.4, -0.2) is 88.6 Å². The normalized spacial score (nSPS) is 27.8. The molecule has 1 unspecified atom stereocenters. The van der Waals surface area contributed by atoms with E-state index in [9.17, 15) is 19.0 Å². The minimum absolute atomic E-state index is 0.0396. The topological polar surface area (TPSA) is 122 Å². The molecule has 6 rings (SSSR count). The minimum Gasteiger partial charge on any atom is -0.470 e. The van der Waals surface area contributed by atoms with E-state index in [1.807, 2.05) is 0 Å². The van der Waals surface area contributed by atoms with Gasteiger partial charge in [0.15, 0.2) is 17.8 Å². The molecule has 3 N–H and O–H groups in total. The van der Waals surface area contributed by atoms with Crippen LogP contribution in [0.2, 0.25) is 0 Å². The van der Waals surface area contributed by atoms with Crippen LogP contribution < -0.4 is 14.4 Å². The van der Waals surface area contributed by atoms with Gasteiger partial charge in [-0.1, -0.05) is 0 Å². The molecular formula is C23H23F3N4O6. The first-order valence-electron chi connectivity index (χ1n) is 11.5. The number of fused-ring (bicyclic) bond motifs is 2. The molecule has 3 aliphatic rings. The molecule has 6 heterocycles. The second-order valence-corrected chi connectivity index (χ2v) is 8.99. The Balaban J connectivity index is 1.30. The molecule has 3 aliphatic heterocycles. The van der Waals surface area contributed by atoms with Gasteiger partial charge in [0.1, 0.15) is 29.8 Å². The third kappa shape index (κ3) is 4.21. The monoisotopic (exact) mass is 508 g/mol. The number of hydrogen-bond donors (Lipinski definition) is 3. The first-order valence-corrected chi connectivity index (χ1v) is 11.5. The average molecular weight is 508 g/mol. The number of H-pyrrole nitrogens is 1. The maximum Gasteiger partial charge on any atom is 0.388 e. The van der Waals surface area contributed by atoms with Crippen LogP contribution in [0.25, 0.3) is 22.3 Å². The van der Waals surface area contributed by atoms with Crippen molar-refractivity contribution in [2.24, 2.45) is 0 Å². The summed E-state index contributed by atoms with van der Waals surface area (Å²) in [6, 6.07) is 5.71. The van der Waals surface area contributed by atoms with Crippen molar-refractivity contribution in [3.8, 4) is 23.0 Å². The lowest BCUT2D eigenvalue weighted by molar-refractivity contribution is -0.0523. The zero-order valence-electron chi connectivity index (χ0n) is 18.8. The quantitative estimate of drug-likeness (QED) is 0.458. The van der Waals surface area contributed by atoms with Gasteiger partial charge in [0.25, 0.3) is 0 Å². The van der Waals surface area contributed by atoms with Crippen LogP contribution in [0.3, 0.4) is 0 Å². The Hall–Kier alpha value is -3.13. The molecule has 36 heavy (non-hydrogen) atoms. The lowest BCUT2D eigenvalue weighted by Gasteiger charge is -2.19. The Labute approximate surface area is 202 Å². The van der Waals surface area contributed by atoms with Gasteiger partial charge in [0.05, 0.1) is 35.9 Å². The number of nitrogens with one attached hydrogen (secondary N) is 1. The molecule has 10 nitrogen and oxygen atoms in total. The molecule has 0 aromatic carbocycles. The van der Waals surface area contributed by atoms with Crippen LogP contribution in [0.15, 0.2) is 24.3 Å². The number of alkyl halides is 2. The summed E-state index contributed by atoms with van der Waals surface area (Å²) in [5.74, 6) is -0.611. The highest BCUT2D eigenvalue weighted by Crippen LogP contribution is 2.36. The highest BCUT2D eigenvalue weighted by molar-refractivity contribution is 5.82. The number of pyridine rings is 2. The number of anilines is 1. The number of ether oxygens (including phenoxy) is 4. The van der Waals surface area contributed by atoms with Crippen LogP contribution in [0.5, 0.6) is 11.8 Å². The maximum atomic E-state index is 15.1. The zero-order chi connectivity index (χ0) is 25.0. The number of hydrogen-bond acceptors (Lipinski definition) is 9. The number of halogens is 3. The van der Waals surface area contributed by atoms with Gasteiger partial charge in [-0.15, -0.1) is 0 Å². The fraction of sp³-hybridized carbons (Fsp3) is 0.478. The van der Waals surface area contributed by atoms with Crippen LogP contribution in [0.1, 0.15) is 6.42 Å². The van der Waals surface area contributed by atoms with Crippen LogP contribution in [0, 0.1) is 5.82 Å². The summed E-state index contributed by atoms with van der Waals surface area (Å²) in [5.41, 5.74) is 0.415. The van der Waals surface area contributed by atoms with Gasteiger partial charge in [0, 0.05) is 25.2 Å². The van der Waals surface area contributed by atoms with Crippen molar-refractivity contribution in [2.45, 2.75) is 43.6 Å². The van der Waals surface area contributed by atoms with Crippen molar-refractivity contribution in [3.05, 3.63) is 30.1 Å². The standard InChI is InChI=1S/C23H23F3N4O6/c24-12-5-13-14(6-18(27-13)35-16-9-34-20-15(32)8-33-21(16)20)28-19(12)11-1-2-17(29-22(11)36-23(25)26)30-4-3-10(31)7-30/h1-2,5-6,10,15-16,20-21,23,27,31-32H,3-4,7-9H2/t10-,15?,16-,20-,21-/m1/s1. The number of aliphatic hydroxyl groups is 2. The van der Waals surface area contributed by atoms with Gasteiger partial charge in [-0.2, -0.15) is 13.8 Å². The number of β-amino-alcohol motifs (C(OH)–C–C–N with tert-alkyl or cyclic N) is 1. The van der Waals surface area contributed by atoms with E-state index in [0.717, 1.165) is 0 Å². The predicted molar refractivity (Wildman–Crippen MR) is 119 cm³/mol. The van der Waals surface area contributed by atoms with E-state index < -0.39 is 48.8 Å². The summed E-state index contributed by atoms with van der Waals surface area (Å²) in [6.07, 6.45) is -2.10. The minimum atomic E-state index is -3.18. The third-order valence-corrected chi connectivity index (χ3v) is 6.58. The highest BCUT2D eigenvalue weighted by atomic mass is 19.3. The largest absolute Gasteiger partial charge is 0.470 e. The molecule has 0 aliphatic carbocycles. The molecule has 0 amide bonds. The maximum absolute atomic E-state index is 15.1. The summed E-state index contributed by atoms with van der Waals surface area (Å²) in [4.78, 5) is 13.2. The summed E-state index contributed by atoms with van der Waals surface area (Å²) in [7, 11) is 0. The van der Waals surface area contributed by atoms with Crippen molar-refractivity contribution in [2.75, 3.05) is 31.2 Å². The molecule has 0 spiro atoms. The zero-order valence-corrected chi connectivity index (χ0v) is 18.8. The Morgan fingerprint density at radius 1 is 1.11 bits per heavy atom. The Morgan fingerprint density at radius 3 is 2.72 bits per heavy atom. The van der Waals surface area contributed by atoms with Gasteiger partial charge in [-0.25, -0.2) is 9.37 Å². The first-order chi connectivity index (χ1) is 17.4. The van der Waals surface area contributed by atoms with Gasteiger partial charge >= 0.3 is 6.61 Å². The molecular weight excluding hydrogens is 485 g/mol. The van der Waals surface area contributed by atoms with Crippen molar-refractivity contribution < 1.29 is 42.3 Å².